The van der Waals surface area contributed by atoms with Crippen LogP contribution in [-0.2, 0) is 85.0 Å². The summed E-state index contributed by atoms with van der Waals surface area (Å²) in [6, 6.07) is -1.92. The van der Waals surface area contributed by atoms with Gasteiger partial charge in [-0.2, -0.15) is 0 Å². The highest BCUT2D eigenvalue weighted by molar-refractivity contribution is 8.14. The fourth-order valence-corrected chi connectivity index (χ4v) is 21.1. The highest BCUT2D eigenvalue weighted by Crippen LogP contribution is 2.47. The maximum absolute atomic E-state index is 13.8. The Kier molecular flexibility index (Phi) is 59.4. The number of imidazole rings is 3. The number of carbonyl (C=O) groups excluding carboxylic acids is 3. The first kappa shape index (κ1) is 113. The molecule has 9 N–H and O–H groups in total. The summed E-state index contributed by atoms with van der Waals surface area (Å²) >= 11 is 3.64. The molecule has 0 aliphatic heterocycles. The molecular weight excluding hydrogens is 1710 g/mol. The summed E-state index contributed by atoms with van der Waals surface area (Å²) in [7, 11) is -10.4. The second-order valence-corrected chi connectivity index (χ2v) is 44.4. The lowest BCUT2D eigenvalue weighted by molar-refractivity contribution is -0.112. The van der Waals surface area contributed by atoms with Gasteiger partial charge in [0, 0.05) is 42.2 Å². The zero-order valence-electron chi connectivity index (χ0n) is 78.4. The molecule has 0 aliphatic rings. The van der Waals surface area contributed by atoms with Crippen LogP contribution in [0.2, 0.25) is 0 Å². The zero-order chi connectivity index (χ0) is 91.7. The summed E-state index contributed by atoms with van der Waals surface area (Å²) in [5, 5.41) is 8.94. The lowest BCUT2D eigenvalue weighted by Crippen LogP contribution is -2.33. The summed E-state index contributed by atoms with van der Waals surface area (Å²) in [6.45, 7) is 33.5. The number of fused-ring (bicyclic) bond motifs is 3. The second kappa shape index (κ2) is 65.8. The van der Waals surface area contributed by atoms with Gasteiger partial charge in [0.2, 0.25) is 15.3 Å². The van der Waals surface area contributed by atoms with Crippen molar-refractivity contribution in [3.63, 3.8) is 0 Å². The molecule has 0 saturated carbocycles. The van der Waals surface area contributed by atoms with Crippen molar-refractivity contribution >= 4 is 124 Å². The van der Waals surface area contributed by atoms with Gasteiger partial charge in [0.1, 0.15) is 54.6 Å². The maximum atomic E-state index is 13.8. The largest absolute Gasteiger partial charge is 0.382 e. The molecule has 9 atom stereocenters. The molecule has 6 heterocycles. The van der Waals surface area contributed by atoms with Gasteiger partial charge in [-0.25, -0.2) is 60.1 Å². The van der Waals surface area contributed by atoms with Crippen molar-refractivity contribution in [2.24, 2.45) is 0 Å². The minimum absolute atomic E-state index is 0.0791. The maximum Gasteiger partial charge on any atom is 0.295 e. The first-order chi connectivity index (χ1) is 59.9. The third kappa shape index (κ3) is 48.9. The molecule has 0 amide bonds. The molecule has 0 bridgehead atoms. The Morgan fingerprint density at radius 3 is 0.808 bits per heavy atom. The van der Waals surface area contributed by atoms with E-state index < -0.39 is 40.7 Å². The van der Waals surface area contributed by atoms with E-state index in [0.29, 0.717) is 103 Å². The highest BCUT2D eigenvalue weighted by atomic mass is 32.2. The van der Waals surface area contributed by atoms with Crippen LogP contribution in [0.25, 0.3) is 33.5 Å². The van der Waals surface area contributed by atoms with Crippen LogP contribution in [0.1, 0.15) is 309 Å². The number of nitrogens with zero attached hydrogens (tertiary/aromatic N) is 12. The van der Waals surface area contributed by atoms with E-state index in [1.54, 1.807) is 44.3 Å². The zero-order valence-corrected chi connectivity index (χ0v) is 83.5. The van der Waals surface area contributed by atoms with Crippen LogP contribution < -0.4 is 32.5 Å². The molecule has 125 heavy (non-hydrogen) atoms. The molecule has 714 valence electrons. The third-order valence-corrected chi connectivity index (χ3v) is 28.9. The average Bonchev–Trinajstić information content (AvgIpc) is 1.68. The van der Waals surface area contributed by atoms with E-state index in [4.69, 9.17) is 54.5 Å². The minimum Gasteiger partial charge on any atom is -0.382 e. The van der Waals surface area contributed by atoms with E-state index >= 15 is 0 Å². The van der Waals surface area contributed by atoms with Crippen LogP contribution in [0.15, 0.2) is 38.0 Å². The fraction of sp³-hybridized carbons (Fsp3) is 0.793. The van der Waals surface area contributed by atoms with Crippen LogP contribution in [-0.4, -0.2) is 191 Å². The van der Waals surface area contributed by atoms with Crippen LogP contribution in [0.3, 0.4) is 0 Å². The monoisotopic (exact) mass is 1870 g/mol. The Labute approximate surface area is 760 Å². The molecule has 0 aromatic carbocycles. The summed E-state index contributed by atoms with van der Waals surface area (Å²) in [5.41, 5.74) is 21.0. The van der Waals surface area contributed by atoms with Gasteiger partial charge in [-0.15, -0.1) is 0 Å². The van der Waals surface area contributed by atoms with Gasteiger partial charge < -0.3 is 68.2 Å². The summed E-state index contributed by atoms with van der Waals surface area (Å²) in [5.74, 6) is 0.935. The molecule has 0 spiro atoms. The summed E-state index contributed by atoms with van der Waals surface area (Å²) in [6.07, 6.45) is 47.8. The SMILES string of the molecule is CCCCCCCCCCCCCCCCOCCCOP(=O)(CO[C@H](C)Cn1cnc2c(N)ncnc21)N[C@@H](C)C(=O)SC(C)C.CCCCCCCCCCCCCCCCOCCCO[P@@](=O)(CO[C@H](C)Cn1cnc2c(N)ncnc21)N[C@@H](C)C(=O)SC(C)C.CCCCO[P@](=O)(CO[C@H](C)Cn1cnc2c(N)ncnc21)N[C@@H](C)C(=O)SC(C)C. The van der Waals surface area contributed by atoms with E-state index in [0.717, 1.165) is 38.9 Å². The van der Waals surface area contributed by atoms with Crippen molar-refractivity contribution in [3.8, 4) is 0 Å². The number of hydrogen-bond donors (Lipinski definition) is 6. The molecule has 6 rings (SSSR count). The lowest BCUT2D eigenvalue weighted by atomic mass is 10.0. The topological polar surface area (TPSA) is 421 Å². The molecule has 0 saturated heterocycles. The predicted molar refractivity (Wildman–Crippen MR) is 514 cm³/mol. The predicted octanol–water partition coefficient (Wildman–Crippen LogP) is 20.5. The Balaban J connectivity index is 0.000000402. The van der Waals surface area contributed by atoms with Crippen LogP contribution in [0.4, 0.5) is 17.5 Å². The average molecular weight is 1870 g/mol. The molecule has 0 aliphatic carbocycles. The van der Waals surface area contributed by atoms with Gasteiger partial charge in [-0.3, -0.25) is 28.1 Å². The number of anilines is 3. The van der Waals surface area contributed by atoms with Crippen molar-refractivity contribution in [2.45, 2.75) is 381 Å². The molecule has 6 aromatic rings. The number of hydrogen-bond acceptors (Lipinski definition) is 29. The number of aromatic nitrogens is 12. The van der Waals surface area contributed by atoms with Gasteiger partial charge in [-0.05, 0) is 73.6 Å². The van der Waals surface area contributed by atoms with Crippen molar-refractivity contribution in [3.05, 3.63) is 38.0 Å². The van der Waals surface area contributed by atoms with E-state index in [1.807, 2.05) is 78.4 Å². The number of unbranched alkanes of at least 4 members (excludes halogenated alkanes) is 27. The Hall–Kier alpha value is -4.64. The standard InChI is InChI=1S/2C34H63N6O5PS.C19H33N6O4PS/c2*1-6-7-8-9-10-11-12-13-14-15-16-17-18-19-21-43-22-20-23-45-46(42,39-30(5)34(41)47-28(2)3)27-44-29(4)24-40-26-38-31-32(35)36-25-37-33(31)40;1-6-7-8-29-30(27,24-15(5)19(26)31-13(2)3)12-28-14(4)9-25-11-23-16-17(20)21-10-22-18(16)25/h2*25-26,28-30H,6-24,27H2,1-5H3,(H,39,42)(H2,35,36,37);10-11,13-15H,6-9,12H2,1-5H3,(H,24,27)(H2,20,21,22)/t29-,30+,46?;29-,30+,46+;14-,15+,30-/m111/s1. The molecular formula is C87H159N18O14P3S3. The quantitative estimate of drug-likeness (QED) is 0.0153. The van der Waals surface area contributed by atoms with E-state index in [2.05, 4.69) is 74.0 Å². The number of nitrogens with two attached hydrogens (primary N) is 3. The molecule has 38 heteroatoms. The van der Waals surface area contributed by atoms with E-state index in [-0.39, 0.29) is 81.7 Å². The second-order valence-electron chi connectivity index (χ2n) is 33.3. The van der Waals surface area contributed by atoms with Crippen molar-refractivity contribution in [1.29, 1.82) is 0 Å². The van der Waals surface area contributed by atoms with Crippen molar-refractivity contribution < 1.29 is 65.3 Å². The molecule has 0 radical (unpaired) electrons. The number of rotatable bonds is 71. The fourth-order valence-electron chi connectivity index (χ4n) is 13.2. The first-order valence-electron chi connectivity index (χ1n) is 46.3. The Bertz CT molecular complexity index is 3860. The van der Waals surface area contributed by atoms with Crippen molar-refractivity contribution in [2.75, 3.05) is 82.5 Å². The number of nitrogens with one attached hydrogen (secondary N) is 3. The van der Waals surface area contributed by atoms with Crippen LogP contribution in [0, 0.1) is 0 Å². The first-order valence-corrected chi connectivity index (χ1v) is 54.4. The van der Waals surface area contributed by atoms with Gasteiger partial charge in [-0.1, -0.05) is 271 Å². The van der Waals surface area contributed by atoms with Gasteiger partial charge >= 0.3 is 0 Å². The molecule has 32 nitrogen and oxygen atoms in total. The normalized spacial score (nSPS) is 14.8. The van der Waals surface area contributed by atoms with Gasteiger partial charge in [0.05, 0.1) is 94.9 Å². The van der Waals surface area contributed by atoms with E-state index in [1.165, 1.54) is 221 Å². The van der Waals surface area contributed by atoms with Gasteiger partial charge in [0.15, 0.2) is 34.4 Å². The Morgan fingerprint density at radius 2 is 0.560 bits per heavy atom. The van der Waals surface area contributed by atoms with Crippen LogP contribution >= 0.6 is 57.8 Å². The Morgan fingerprint density at radius 1 is 0.328 bits per heavy atom. The third-order valence-electron chi connectivity index (χ3n) is 20.1. The molecule has 6 aromatic heterocycles. The van der Waals surface area contributed by atoms with Crippen LogP contribution in [0.5, 0.6) is 0 Å². The summed E-state index contributed by atoms with van der Waals surface area (Å²) in [4.78, 5) is 75.0. The van der Waals surface area contributed by atoms with Crippen molar-refractivity contribution in [1.82, 2.24) is 73.8 Å². The lowest BCUT2D eigenvalue weighted by Gasteiger charge is -2.25. The number of nitrogen functional groups attached to an aromatic ring is 3. The van der Waals surface area contributed by atoms with E-state index in [9.17, 15) is 28.1 Å². The number of thioether (sulfide) groups is 3. The summed E-state index contributed by atoms with van der Waals surface area (Å²) < 4.78 is 93.4. The number of ether oxygens (including phenoxy) is 5. The minimum atomic E-state index is -3.50. The number of carbonyl (C=O) groups is 3. The smallest absolute Gasteiger partial charge is 0.295 e. The molecule has 1 unspecified atom stereocenters. The van der Waals surface area contributed by atoms with Gasteiger partial charge in [0.25, 0.3) is 22.6 Å². The molecule has 0 fully saturated rings. The highest BCUT2D eigenvalue weighted by Gasteiger charge is 2.34.